The molecule has 0 fully saturated rings. The molecule has 0 radical (unpaired) electrons. The molecule has 3 N–H and O–H groups in total. The van der Waals surface area contributed by atoms with Crippen LogP contribution >= 0.6 is 0 Å². The number of hydrogen-bond donors (Lipinski definition) is 2. The van der Waals surface area contributed by atoms with Gasteiger partial charge in [-0.2, -0.15) is 0 Å². The lowest BCUT2D eigenvalue weighted by Crippen LogP contribution is -2.30. The highest BCUT2D eigenvalue weighted by Crippen LogP contribution is 2.35. The molecular weight excluding hydrogens is 236 g/mol. The molecule has 0 bridgehead atoms. The van der Waals surface area contributed by atoms with Crippen molar-refractivity contribution in [2.45, 2.75) is 25.9 Å². The van der Waals surface area contributed by atoms with Gasteiger partial charge in [-0.15, -0.1) is 0 Å². The van der Waals surface area contributed by atoms with Crippen LogP contribution in [0.3, 0.4) is 0 Å². The van der Waals surface area contributed by atoms with Crippen molar-refractivity contribution in [2.24, 2.45) is 5.84 Å². The maximum Gasteiger partial charge on any atom is 0.234 e. The Bertz CT molecular complexity index is 436. The maximum atomic E-state index is 11.0. The highest BCUT2D eigenvalue weighted by Gasteiger charge is 2.15. The van der Waals surface area contributed by atoms with Gasteiger partial charge >= 0.3 is 0 Å². The second-order valence-electron chi connectivity index (χ2n) is 4.05. The van der Waals surface area contributed by atoms with E-state index in [1.165, 1.54) is 0 Å². The summed E-state index contributed by atoms with van der Waals surface area (Å²) in [6.45, 7) is 2.14. The average molecular weight is 252 g/mol. The standard InChI is InChI=1S/C12H16N2O4/c1-8(2-5-12(15)14-13)18-9-3-4-10-11(6-9)17-7-16-10/h3-4,6,8H,2,5,7,13H2,1H3,(H,14,15). The molecule has 1 aliphatic rings. The number of benzene rings is 1. The molecule has 1 aliphatic heterocycles. The summed E-state index contributed by atoms with van der Waals surface area (Å²) in [5.74, 6) is 6.90. The van der Waals surface area contributed by atoms with E-state index in [4.69, 9.17) is 20.1 Å². The number of carbonyl (C=O) groups excluding carboxylic acids is 1. The summed E-state index contributed by atoms with van der Waals surface area (Å²) in [6.07, 6.45) is 0.849. The van der Waals surface area contributed by atoms with Crippen molar-refractivity contribution >= 4 is 5.91 Å². The summed E-state index contributed by atoms with van der Waals surface area (Å²) in [5, 5.41) is 0. The molecule has 1 aromatic carbocycles. The van der Waals surface area contributed by atoms with E-state index >= 15 is 0 Å². The lowest BCUT2D eigenvalue weighted by Gasteiger charge is -2.14. The van der Waals surface area contributed by atoms with Crippen LogP contribution in [0.1, 0.15) is 19.8 Å². The predicted molar refractivity (Wildman–Crippen MR) is 64.2 cm³/mol. The number of carbonyl (C=O) groups is 1. The van der Waals surface area contributed by atoms with Gasteiger partial charge in [-0.3, -0.25) is 10.2 Å². The lowest BCUT2D eigenvalue weighted by atomic mass is 10.2. The first-order chi connectivity index (χ1) is 8.69. The number of nitrogens with one attached hydrogen (secondary N) is 1. The van der Waals surface area contributed by atoms with E-state index in [1.54, 1.807) is 12.1 Å². The molecule has 18 heavy (non-hydrogen) atoms. The fourth-order valence-corrected chi connectivity index (χ4v) is 1.65. The van der Waals surface area contributed by atoms with Crippen LogP contribution in [-0.4, -0.2) is 18.8 Å². The topological polar surface area (TPSA) is 82.8 Å². The summed E-state index contributed by atoms with van der Waals surface area (Å²) < 4.78 is 16.1. The molecule has 1 atom stereocenters. The Kier molecular flexibility index (Phi) is 3.88. The van der Waals surface area contributed by atoms with Crippen LogP contribution in [0, 0.1) is 0 Å². The van der Waals surface area contributed by atoms with Crippen LogP contribution in [0.15, 0.2) is 18.2 Å². The van der Waals surface area contributed by atoms with Gasteiger partial charge in [-0.25, -0.2) is 5.84 Å². The van der Waals surface area contributed by atoms with Crippen molar-refractivity contribution in [3.05, 3.63) is 18.2 Å². The van der Waals surface area contributed by atoms with Crippen molar-refractivity contribution in [2.75, 3.05) is 6.79 Å². The number of ether oxygens (including phenoxy) is 3. The third-order valence-corrected chi connectivity index (χ3v) is 2.62. The maximum absolute atomic E-state index is 11.0. The molecule has 0 saturated carbocycles. The summed E-state index contributed by atoms with van der Waals surface area (Å²) in [5.41, 5.74) is 2.09. The van der Waals surface area contributed by atoms with Crippen LogP contribution in [0.25, 0.3) is 0 Å². The van der Waals surface area contributed by atoms with E-state index in [1.807, 2.05) is 13.0 Å². The monoisotopic (exact) mass is 252 g/mol. The Morgan fingerprint density at radius 2 is 2.28 bits per heavy atom. The molecule has 6 heteroatoms. The van der Waals surface area contributed by atoms with Gasteiger partial charge in [0, 0.05) is 12.5 Å². The third kappa shape index (κ3) is 3.04. The van der Waals surface area contributed by atoms with E-state index in [-0.39, 0.29) is 18.8 Å². The highest BCUT2D eigenvalue weighted by molar-refractivity contribution is 5.75. The summed E-state index contributed by atoms with van der Waals surface area (Å²) in [4.78, 5) is 11.0. The number of rotatable bonds is 5. The molecule has 0 spiro atoms. The summed E-state index contributed by atoms with van der Waals surface area (Å²) >= 11 is 0. The zero-order chi connectivity index (χ0) is 13.0. The average Bonchev–Trinajstić information content (AvgIpc) is 2.83. The van der Waals surface area contributed by atoms with Crippen molar-refractivity contribution in [1.29, 1.82) is 0 Å². The Labute approximate surface area is 105 Å². The lowest BCUT2D eigenvalue weighted by molar-refractivity contribution is -0.121. The Hall–Kier alpha value is -1.95. The molecule has 0 aliphatic carbocycles. The number of nitrogens with two attached hydrogens (primary N) is 1. The largest absolute Gasteiger partial charge is 0.491 e. The van der Waals surface area contributed by atoms with Crippen LogP contribution in [0.4, 0.5) is 0 Å². The SMILES string of the molecule is CC(CCC(=O)NN)Oc1ccc2c(c1)OCO2. The number of amides is 1. The normalized spacial score (nSPS) is 14.1. The molecule has 2 rings (SSSR count). The van der Waals surface area contributed by atoms with Crippen LogP contribution in [0.5, 0.6) is 17.2 Å². The minimum absolute atomic E-state index is 0.0809. The molecule has 1 amide bonds. The number of fused-ring (bicyclic) bond motifs is 1. The van der Waals surface area contributed by atoms with Gasteiger partial charge in [0.1, 0.15) is 5.75 Å². The van der Waals surface area contributed by atoms with Crippen molar-refractivity contribution in [3.63, 3.8) is 0 Å². The minimum Gasteiger partial charge on any atom is -0.491 e. The second kappa shape index (κ2) is 5.59. The Morgan fingerprint density at radius 3 is 3.06 bits per heavy atom. The molecular formula is C12H16N2O4. The zero-order valence-corrected chi connectivity index (χ0v) is 10.1. The van der Waals surface area contributed by atoms with E-state index in [2.05, 4.69) is 5.43 Å². The van der Waals surface area contributed by atoms with Gasteiger partial charge < -0.3 is 14.2 Å². The molecule has 1 unspecified atom stereocenters. The van der Waals surface area contributed by atoms with E-state index in [0.717, 1.165) is 5.75 Å². The smallest absolute Gasteiger partial charge is 0.234 e. The summed E-state index contributed by atoms with van der Waals surface area (Å²) in [6, 6.07) is 5.39. The van der Waals surface area contributed by atoms with Crippen LogP contribution < -0.4 is 25.5 Å². The van der Waals surface area contributed by atoms with Gasteiger partial charge in [0.25, 0.3) is 0 Å². The van der Waals surface area contributed by atoms with Gasteiger partial charge in [0.05, 0.1) is 6.10 Å². The molecule has 1 heterocycles. The Morgan fingerprint density at radius 1 is 1.50 bits per heavy atom. The third-order valence-electron chi connectivity index (χ3n) is 2.62. The first-order valence-electron chi connectivity index (χ1n) is 5.75. The fourth-order valence-electron chi connectivity index (χ4n) is 1.65. The van der Waals surface area contributed by atoms with Crippen molar-refractivity contribution in [3.8, 4) is 17.2 Å². The molecule has 0 saturated heterocycles. The van der Waals surface area contributed by atoms with Crippen LogP contribution in [-0.2, 0) is 4.79 Å². The van der Waals surface area contributed by atoms with E-state index in [9.17, 15) is 4.79 Å². The van der Waals surface area contributed by atoms with Gasteiger partial charge in [0.2, 0.25) is 12.7 Å². The zero-order valence-electron chi connectivity index (χ0n) is 10.1. The second-order valence-corrected chi connectivity index (χ2v) is 4.05. The number of hydrogen-bond acceptors (Lipinski definition) is 5. The Balaban J connectivity index is 1.87. The quantitative estimate of drug-likeness (QED) is 0.463. The highest BCUT2D eigenvalue weighted by atomic mass is 16.7. The van der Waals surface area contributed by atoms with Gasteiger partial charge in [0.15, 0.2) is 11.5 Å². The van der Waals surface area contributed by atoms with Gasteiger partial charge in [-0.1, -0.05) is 0 Å². The van der Waals surface area contributed by atoms with Crippen molar-refractivity contribution < 1.29 is 19.0 Å². The molecule has 0 aromatic heterocycles. The first kappa shape index (κ1) is 12.5. The molecule has 1 aromatic rings. The minimum atomic E-state index is -0.198. The van der Waals surface area contributed by atoms with E-state index in [0.29, 0.717) is 24.3 Å². The van der Waals surface area contributed by atoms with E-state index < -0.39 is 0 Å². The first-order valence-corrected chi connectivity index (χ1v) is 5.75. The van der Waals surface area contributed by atoms with Gasteiger partial charge in [-0.05, 0) is 25.5 Å². The fraction of sp³-hybridized carbons (Fsp3) is 0.417. The van der Waals surface area contributed by atoms with Crippen LogP contribution in [0.2, 0.25) is 0 Å². The number of hydrazine groups is 1. The molecule has 98 valence electrons. The van der Waals surface area contributed by atoms with Crippen molar-refractivity contribution in [1.82, 2.24) is 5.43 Å². The predicted octanol–water partition coefficient (Wildman–Crippen LogP) is 0.953. The summed E-state index contributed by atoms with van der Waals surface area (Å²) in [7, 11) is 0. The molecule has 6 nitrogen and oxygen atoms in total.